The highest BCUT2D eigenvalue weighted by Crippen LogP contribution is 2.27. The van der Waals surface area contributed by atoms with Crippen LogP contribution in [0, 0.1) is 5.92 Å². The van der Waals surface area contributed by atoms with Crippen molar-refractivity contribution in [3.8, 4) is 0 Å². The largest absolute Gasteiger partial charge is 0.354 e. The van der Waals surface area contributed by atoms with E-state index in [1.54, 1.807) is 0 Å². The van der Waals surface area contributed by atoms with Gasteiger partial charge in [-0.2, -0.15) is 0 Å². The zero-order valence-electron chi connectivity index (χ0n) is 11.9. The predicted molar refractivity (Wildman–Crippen MR) is 78.9 cm³/mol. The quantitative estimate of drug-likeness (QED) is 0.829. The van der Waals surface area contributed by atoms with Crippen LogP contribution in [0.1, 0.15) is 51.0 Å². The number of amides is 1. The van der Waals surface area contributed by atoms with Crippen LogP contribution in [0.5, 0.6) is 0 Å². The van der Waals surface area contributed by atoms with Crippen LogP contribution in [0.4, 0.5) is 0 Å². The fourth-order valence-electron chi connectivity index (χ4n) is 2.91. The number of hydrogen-bond acceptors (Lipinski definition) is 1. The third-order valence-corrected chi connectivity index (χ3v) is 4.07. The van der Waals surface area contributed by atoms with Gasteiger partial charge in [0, 0.05) is 12.5 Å². The first-order valence-electron chi connectivity index (χ1n) is 7.57. The summed E-state index contributed by atoms with van der Waals surface area (Å²) in [7, 11) is 0. The van der Waals surface area contributed by atoms with Crippen molar-refractivity contribution in [2.75, 3.05) is 0 Å². The second-order valence-electron chi connectivity index (χ2n) is 5.85. The minimum Gasteiger partial charge on any atom is -0.354 e. The molecule has 1 fully saturated rings. The minimum absolute atomic E-state index is 0.243. The summed E-state index contributed by atoms with van der Waals surface area (Å²) in [5.74, 6) is 0.883. The van der Waals surface area contributed by atoms with Crippen molar-refractivity contribution >= 4 is 5.91 Å². The van der Waals surface area contributed by atoms with Gasteiger partial charge in [0.25, 0.3) is 0 Å². The number of carbonyl (C=O) groups excluding carboxylic acids is 1. The van der Waals surface area contributed by atoms with Crippen molar-refractivity contribution in [1.82, 2.24) is 5.32 Å². The van der Waals surface area contributed by atoms with Crippen LogP contribution in [0.15, 0.2) is 30.3 Å². The molecule has 1 saturated carbocycles. The summed E-state index contributed by atoms with van der Waals surface area (Å²) < 4.78 is 0. The molecule has 1 N–H and O–H groups in total. The molecule has 2 rings (SSSR count). The topological polar surface area (TPSA) is 29.1 Å². The lowest BCUT2D eigenvalue weighted by Crippen LogP contribution is -2.33. The Morgan fingerprint density at radius 3 is 2.63 bits per heavy atom. The highest BCUT2D eigenvalue weighted by molar-refractivity contribution is 5.76. The van der Waals surface area contributed by atoms with Crippen molar-refractivity contribution in [1.29, 1.82) is 0 Å². The second-order valence-corrected chi connectivity index (χ2v) is 5.85. The zero-order valence-corrected chi connectivity index (χ0v) is 11.9. The van der Waals surface area contributed by atoms with Gasteiger partial charge in [0.1, 0.15) is 0 Å². The summed E-state index contributed by atoms with van der Waals surface area (Å²) in [6.07, 6.45) is 7.88. The molecule has 0 aromatic heterocycles. The molecule has 0 heterocycles. The molecule has 1 aliphatic rings. The van der Waals surface area contributed by atoms with Gasteiger partial charge in [-0.25, -0.2) is 0 Å². The van der Waals surface area contributed by atoms with Gasteiger partial charge >= 0.3 is 0 Å². The molecule has 0 aliphatic heterocycles. The maximum Gasteiger partial charge on any atom is 0.220 e. The first-order chi connectivity index (χ1) is 9.24. The number of aryl methyl sites for hydroxylation is 1. The van der Waals surface area contributed by atoms with E-state index in [1.807, 2.05) is 6.07 Å². The summed E-state index contributed by atoms with van der Waals surface area (Å²) in [4.78, 5) is 11.9. The predicted octanol–water partition coefficient (Wildman–Crippen LogP) is 3.70. The first kappa shape index (κ1) is 14.1. The van der Waals surface area contributed by atoms with Crippen molar-refractivity contribution in [2.45, 2.75) is 57.9 Å². The standard InChI is InChI=1S/C17H25NO/c1-14(11-12-15-7-3-2-4-8-15)18-17(19)13-16-9-5-6-10-16/h2-4,7-8,14,16H,5-6,9-13H2,1H3,(H,18,19)/t14-/m0/s1. The van der Waals surface area contributed by atoms with Gasteiger partial charge in [-0.05, 0) is 44.1 Å². The average molecular weight is 259 g/mol. The minimum atomic E-state index is 0.243. The molecule has 0 radical (unpaired) electrons. The molecule has 1 atom stereocenters. The van der Waals surface area contributed by atoms with Crippen molar-refractivity contribution in [3.63, 3.8) is 0 Å². The highest BCUT2D eigenvalue weighted by Gasteiger charge is 2.19. The van der Waals surface area contributed by atoms with Crippen LogP contribution < -0.4 is 5.32 Å². The van der Waals surface area contributed by atoms with Gasteiger partial charge in [-0.15, -0.1) is 0 Å². The molecule has 0 saturated heterocycles. The molecule has 19 heavy (non-hydrogen) atoms. The van der Waals surface area contributed by atoms with E-state index in [4.69, 9.17) is 0 Å². The Hall–Kier alpha value is -1.31. The molecular weight excluding hydrogens is 234 g/mol. The van der Waals surface area contributed by atoms with Gasteiger partial charge in [0.2, 0.25) is 5.91 Å². The van der Waals surface area contributed by atoms with Crippen LogP contribution in [0.25, 0.3) is 0 Å². The lowest BCUT2D eigenvalue weighted by Gasteiger charge is -2.15. The number of carbonyl (C=O) groups is 1. The number of nitrogens with one attached hydrogen (secondary N) is 1. The molecule has 2 heteroatoms. The Morgan fingerprint density at radius 1 is 1.26 bits per heavy atom. The molecule has 1 aliphatic carbocycles. The van der Waals surface area contributed by atoms with Crippen LogP contribution in [-0.2, 0) is 11.2 Å². The Balaban J connectivity index is 1.65. The van der Waals surface area contributed by atoms with Crippen molar-refractivity contribution < 1.29 is 4.79 Å². The number of benzene rings is 1. The van der Waals surface area contributed by atoms with Crippen molar-refractivity contribution in [3.05, 3.63) is 35.9 Å². The summed E-state index contributed by atoms with van der Waals surface area (Å²) in [6.45, 7) is 2.11. The third-order valence-electron chi connectivity index (χ3n) is 4.07. The Bertz CT molecular complexity index is 382. The molecular formula is C17H25NO. The molecule has 104 valence electrons. The molecule has 0 bridgehead atoms. The lowest BCUT2D eigenvalue weighted by molar-refractivity contribution is -0.122. The Morgan fingerprint density at radius 2 is 1.95 bits per heavy atom. The van der Waals surface area contributed by atoms with Crippen LogP contribution >= 0.6 is 0 Å². The summed E-state index contributed by atoms with van der Waals surface area (Å²) >= 11 is 0. The van der Waals surface area contributed by atoms with Crippen LogP contribution in [-0.4, -0.2) is 11.9 Å². The molecule has 1 aromatic rings. The first-order valence-corrected chi connectivity index (χ1v) is 7.57. The van der Waals surface area contributed by atoms with E-state index in [1.165, 1.54) is 31.2 Å². The number of hydrogen-bond donors (Lipinski definition) is 1. The van der Waals surface area contributed by atoms with E-state index in [0.717, 1.165) is 19.3 Å². The molecule has 2 nitrogen and oxygen atoms in total. The van der Waals surface area contributed by atoms with E-state index in [2.05, 4.69) is 36.5 Å². The highest BCUT2D eigenvalue weighted by atomic mass is 16.1. The third kappa shape index (κ3) is 5.06. The number of rotatable bonds is 6. The van der Waals surface area contributed by atoms with Gasteiger partial charge < -0.3 is 5.32 Å². The summed E-state index contributed by atoms with van der Waals surface area (Å²) in [6, 6.07) is 10.7. The maximum absolute atomic E-state index is 11.9. The SMILES string of the molecule is C[C@@H](CCc1ccccc1)NC(=O)CC1CCCC1. The fourth-order valence-corrected chi connectivity index (χ4v) is 2.91. The van der Waals surface area contributed by atoms with Gasteiger partial charge in [-0.1, -0.05) is 43.2 Å². The molecule has 1 amide bonds. The normalized spacial score (nSPS) is 17.3. The smallest absolute Gasteiger partial charge is 0.220 e. The maximum atomic E-state index is 11.9. The van der Waals surface area contributed by atoms with Crippen molar-refractivity contribution in [2.24, 2.45) is 5.92 Å². The lowest BCUT2D eigenvalue weighted by atomic mass is 10.0. The second kappa shape index (κ2) is 7.32. The van der Waals surface area contributed by atoms with E-state index in [0.29, 0.717) is 5.92 Å². The monoisotopic (exact) mass is 259 g/mol. The van der Waals surface area contributed by atoms with E-state index >= 15 is 0 Å². The van der Waals surface area contributed by atoms with Crippen LogP contribution in [0.3, 0.4) is 0 Å². The Labute approximate surface area is 116 Å². The van der Waals surface area contributed by atoms with Gasteiger partial charge in [-0.3, -0.25) is 4.79 Å². The molecule has 0 spiro atoms. The van der Waals surface area contributed by atoms with Crippen LogP contribution in [0.2, 0.25) is 0 Å². The Kier molecular flexibility index (Phi) is 5.44. The summed E-state index contributed by atoms with van der Waals surface area (Å²) in [5, 5.41) is 3.14. The van der Waals surface area contributed by atoms with Gasteiger partial charge in [0.15, 0.2) is 0 Å². The molecule has 1 aromatic carbocycles. The average Bonchev–Trinajstić information content (AvgIpc) is 2.90. The van der Waals surface area contributed by atoms with E-state index < -0.39 is 0 Å². The fraction of sp³-hybridized carbons (Fsp3) is 0.588. The van der Waals surface area contributed by atoms with E-state index in [9.17, 15) is 4.79 Å². The van der Waals surface area contributed by atoms with Gasteiger partial charge in [0.05, 0.1) is 0 Å². The van der Waals surface area contributed by atoms with E-state index in [-0.39, 0.29) is 11.9 Å². The molecule has 0 unspecified atom stereocenters. The zero-order chi connectivity index (χ0) is 13.5. The summed E-state index contributed by atoms with van der Waals surface area (Å²) in [5.41, 5.74) is 1.35.